The van der Waals surface area contributed by atoms with Gasteiger partial charge in [-0.2, -0.15) is 0 Å². The van der Waals surface area contributed by atoms with Crippen LogP contribution in [0, 0.1) is 0 Å². The fraction of sp³-hybridized carbons (Fsp3) is 0.571. The van der Waals surface area contributed by atoms with Gasteiger partial charge in [-0.25, -0.2) is 21.6 Å². The summed E-state index contributed by atoms with van der Waals surface area (Å²) in [6.07, 6.45) is -0.986. The SMILES string of the molecule is COc1ccc(OC)c(S(=O)(=O)NCCN[C@H]2CS(=O)(=O)C[C@@H]2O)c1. The lowest BCUT2D eigenvalue weighted by atomic mass is 10.2. The Kier molecular flexibility index (Phi) is 6.27. The van der Waals surface area contributed by atoms with E-state index in [0.717, 1.165) is 0 Å². The van der Waals surface area contributed by atoms with Gasteiger partial charge < -0.3 is 19.9 Å². The summed E-state index contributed by atoms with van der Waals surface area (Å²) in [6, 6.07) is 3.83. The van der Waals surface area contributed by atoms with E-state index in [-0.39, 0.29) is 35.2 Å². The van der Waals surface area contributed by atoms with Crippen molar-refractivity contribution in [1.82, 2.24) is 10.0 Å². The van der Waals surface area contributed by atoms with Gasteiger partial charge in [0, 0.05) is 25.2 Å². The molecule has 0 aromatic heterocycles. The second-order valence-corrected chi connectivity index (χ2v) is 9.51. The molecule has 0 aliphatic carbocycles. The first-order valence-electron chi connectivity index (χ1n) is 7.52. The Balaban J connectivity index is 1.96. The number of methoxy groups -OCH3 is 2. The van der Waals surface area contributed by atoms with Crippen molar-refractivity contribution >= 4 is 19.9 Å². The number of sulfonamides is 1. The van der Waals surface area contributed by atoms with Crippen molar-refractivity contribution < 1.29 is 31.4 Å². The fourth-order valence-corrected chi connectivity index (χ4v) is 5.53. The zero-order valence-electron chi connectivity index (χ0n) is 13.9. The van der Waals surface area contributed by atoms with Crippen LogP contribution in [0.3, 0.4) is 0 Å². The van der Waals surface area contributed by atoms with Crippen LogP contribution in [0.4, 0.5) is 0 Å². The number of nitrogens with one attached hydrogen (secondary N) is 2. The number of hydrogen-bond acceptors (Lipinski definition) is 8. The molecule has 0 spiro atoms. The molecule has 1 heterocycles. The van der Waals surface area contributed by atoms with Gasteiger partial charge in [-0.1, -0.05) is 0 Å². The lowest BCUT2D eigenvalue weighted by Gasteiger charge is -2.16. The third-order valence-corrected chi connectivity index (χ3v) is 7.01. The molecule has 0 amide bonds. The highest BCUT2D eigenvalue weighted by Gasteiger charge is 2.35. The molecule has 1 aliphatic rings. The monoisotopic (exact) mass is 394 g/mol. The summed E-state index contributed by atoms with van der Waals surface area (Å²) in [5.41, 5.74) is 0. The van der Waals surface area contributed by atoms with E-state index in [4.69, 9.17) is 9.47 Å². The third-order valence-electron chi connectivity index (χ3n) is 3.81. The van der Waals surface area contributed by atoms with Crippen LogP contribution >= 0.6 is 0 Å². The lowest BCUT2D eigenvalue weighted by Crippen LogP contribution is -2.42. The Morgan fingerprint density at radius 2 is 1.92 bits per heavy atom. The van der Waals surface area contributed by atoms with Crippen LogP contribution < -0.4 is 19.5 Å². The summed E-state index contributed by atoms with van der Waals surface area (Å²) in [5, 5.41) is 12.5. The Morgan fingerprint density at radius 3 is 2.48 bits per heavy atom. The summed E-state index contributed by atoms with van der Waals surface area (Å²) >= 11 is 0. The molecule has 11 heteroatoms. The molecule has 1 aromatic rings. The fourth-order valence-electron chi connectivity index (χ4n) is 2.54. The minimum absolute atomic E-state index is 0.0198. The highest BCUT2D eigenvalue weighted by atomic mass is 32.2. The van der Waals surface area contributed by atoms with Gasteiger partial charge in [0.2, 0.25) is 10.0 Å². The standard InChI is InChI=1S/C14H22N2O7S2/c1-22-10-3-4-13(23-2)14(7-10)25(20,21)16-6-5-15-11-8-24(18,19)9-12(11)17/h3-4,7,11-12,15-17H,5-6,8-9H2,1-2H3/t11-,12-/m0/s1. The van der Waals surface area contributed by atoms with Gasteiger partial charge in [-0.05, 0) is 12.1 Å². The van der Waals surface area contributed by atoms with Gasteiger partial charge in [0.25, 0.3) is 0 Å². The van der Waals surface area contributed by atoms with Gasteiger partial charge in [0.15, 0.2) is 9.84 Å². The molecule has 3 N–H and O–H groups in total. The van der Waals surface area contributed by atoms with Crippen molar-refractivity contribution in [3.05, 3.63) is 18.2 Å². The molecular weight excluding hydrogens is 372 g/mol. The first kappa shape index (κ1) is 19.9. The highest BCUT2D eigenvalue weighted by Crippen LogP contribution is 2.27. The molecule has 2 atom stereocenters. The van der Waals surface area contributed by atoms with E-state index in [0.29, 0.717) is 5.75 Å². The molecule has 1 saturated heterocycles. The molecule has 0 radical (unpaired) electrons. The summed E-state index contributed by atoms with van der Waals surface area (Å²) < 4.78 is 60.2. The Morgan fingerprint density at radius 1 is 1.20 bits per heavy atom. The number of rotatable bonds is 8. The predicted octanol–water partition coefficient (Wildman–Crippen LogP) is -1.27. The molecule has 1 fully saturated rings. The van der Waals surface area contributed by atoms with E-state index >= 15 is 0 Å². The largest absolute Gasteiger partial charge is 0.497 e. The van der Waals surface area contributed by atoms with E-state index in [9.17, 15) is 21.9 Å². The maximum atomic E-state index is 12.4. The summed E-state index contributed by atoms with van der Waals surface area (Å²) in [6.45, 7) is 0.189. The molecule has 0 bridgehead atoms. The number of ether oxygens (including phenoxy) is 2. The minimum atomic E-state index is -3.84. The number of benzene rings is 1. The Bertz CT molecular complexity index is 808. The van der Waals surface area contributed by atoms with Gasteiger partial charge in [0.05, 0.1) is 31.8 Å². The van der Waals surface area contributed by atoms with Crippen LogP contribution in [-0.2, 0) is 19.9 Å². The number of hydrogen-bond donors (Lipinski definition) is 3. The molecule has 1 aromatic carbocycles. The zero-order chi connectivity index (χ0) is 18.7. The van der Waals surface area contributed by atoms with Crippen LogP contribution in [0.1, 0.15) is 0 Å². The van der Waals surface area contributed by atoms with Gasteiger partial charge >= 0.3 is 0 Å². The molecule has 9 nitrogen and oxygen atoms in total. The van der Waals surface area contributed by atoms with E-state index in [1.807, 2.05) is 0 Å². The molecule has 25 heavy (non-hydrogen) atoms. The zero-order valence-corrected chi connectivity index (χ0v) is 15.6. The van der Waals surface area contributed by atoms with Gasteiger partial charge in [0.1, 0.15) is 16.4 Å². The number of aliphatic hydroxyl groups is 1. The average Bonchev–Trinajstić information content (AvgIpc) is 2.83. The topological polar surface area (TPSA) is 131 Å². The number of sulfone groups is 1. The van der Waals surface area contributed by atoms with Crippen LogP contribution in [0.5, 0.6) is 11.5 Å². The van der Waals surface area contributed by atoms with E-state index < -0.39 is 32.0 Å². The lowest BCUT2D eigenvalue weighted by molar-refractivity contribution is 0.166. The van der Waals surface area contributed by atoms with Crippen molar-refractivity contribution in [1.29, 1.82) is 0 Å². The molecule has 1 aliphatic heterocycles. The summed E-state index contributed by atoms with van der Waals surface area (Å²) in [7, 11) is -4.30. The molecular formula is C14H22N2O7S2. The predicted molar refractivity (Wildman–Crippen MR) is 91.2 cm³/mol. The number of aliphatic hydroxyl groups excluding tert-OH is 1. The Hall–Kier alpha value is -1.40. The molecule has 2 rings (SSSR count). The van der Waals surface area contributed by atoms with Crippen LogP contribution in [0.2, 0.25) is 0 Å². The van der Waals surface area contributed by atoms with Crippen molar-refractivity contribution in [2.24, 2.45) is 0 Å². The molecule has 0 unspecified atom stereocenters. The smallest absolute Gasteiger partial charge is 0.244 e. The first-order valence-corrected chi connectivity index (χ1v) is 10.8. The maximum absolute atomic E-state index is 12.4. The van der Waals surface area contributed by atoms with Crippen LogP contribution in [-0.4, -0.2) is 72.9 Å². The van der Waals surface area contributed by atoms with E-state index in [2.05, 4.69) is 10.0 Å². The van der Waals surface area contributed by atoms with Crippen LogP contribution in [0.15, 0.2) is 23.1 Å². The van der Waals surface area contributed by atoms with Crippen molar-refractivity contribution in [3.8, 4) is 11.5 Å². The van der Waals surface area contributed by atoms with Gasteiger partial charge in [-0.3, -0.25) is 0 Å². The minimum Gasteiger partial charge on any atom is -0.497 e. The van der Waals surface area contributed by atoms with Gasteiger partial charge in [-0.15, -0.1) is 0 Å². The van der Waals surface area contributed by atoms with E-state index in [1.165, 1.54) is 26.4 Å². The Labute approximate surface area is 147 Å². The van der Waals surface area contributed by atoms with E-state index in [1.54, 1.807) is 6.07 Å². The summed E-state index contributed by atoms with van der Waals surface area (Å²) in [4.78, 5) is -0.0576. The summed E-state index contributed by atoms with van der Waals surface area (Å²) in [5.74, 6) is 0.110. The normalized spacial score (nSPS) is 22.7. The second kappa shape index (κ2) is 7.87. The average molecular weight is 394 g/mol. The van der Waals surface area contributed by atoms with Crippen molar-refractivity contribution in [2.45, 2.75) is 17.0 Å². The third kappa shape index (κ3) is 5.05. The maximum Gasteiger partial charge on any atom is 0.244 e. The van der Waals surface area contributed by atoms with Crippen molar-refractivity contribution in [3.63, 3.8) is 0 Å². The van der Waals surface area contributed by atoms with Crippen molar-refractivity contribution in [2.75, 3.05) is 38.8 Å². The molecule has 0 saturated carbocycles. The highest BCUT2D eigenvalue weighted by molar-refractivity contribution is 7.91. The molecule has 142 valence electrons. The van der Waals surface area contributed by atoms with Crippen LogP contribution in [0.25, 0.3) is 0 Å². The first-order chi connectivity index (χ1) is 11.7. The second-order valence-electron chi connectivity index (χ2n) is 5.62. The quantitative estimate of drug-likeness (QED) is 0.465.